The van der Waals surface area contributed by atoms with E-state index in [-0.39, 0.29) is 27.5 Å². The Morgan fingerprint density at radius 3 is 2.59 bits per heavy atom. The highest BCUT2D eigenvalue weighted by Gasteiger charge is 2.54. The van der Waals surface area contributed by atoms with Gasteiger partial charge in [0.15, 0.2) is 10.8 Å². The molecular formula is C15H19N9O8S2. The first-order valence-electron chi connectivity index (χ1n) is 9.27. The van der Waals surface area contributed by atoms with Crippen molar-refractivity contribution in [2.75, 3.05) is 5.73 Å². The third-order valence-corrected chi connectivity index (χ3v) is 6.26. The minimum absolute atomic E-state index is 0.0669. The first-order valence-corrected chi connectivity index (χ1v) is 11.5. The summed E-state index contributed by atoms with van der Waals surface area (Å²) in [4.78, 5) is 45.6. The number of hydrogen-bond donors (Lipinski definition) is 4. The molecular weight excluding hydrogens is 498 g/mol. The van der Waals surface area contributed by atoms with Gasteiger partial charge in [-0.1, -0.05) is 5.16 Å². The molecule has 0 spiro atoms. The van der Waals surface area contributed by atoms with Crippen molar-refractivity contribution in [1.82, 2.24) is 34.8 Å². The van der Waals surface area contributed by atoms with Crippen molar-refractivity contribution < 1.29 is 37.3 Å². The zero-order valence-electron chi connectivity index (χ0n) is 17.8. The van der Waals surface area contributed by atoms with Gasteiger partial charge in [-0.15, -0.1) is 16.4 Å². The number of β-lactam (4-membered cyclic amide) rings is 1. The Morgan fingerprint density at radius 1 is 1.41 bits per heavy atom. The lowest BCUT2D eigenvalue weighted by molar-refractivity contribution is -0.161. The Kier molecular flexibility index (Phi) is 6.53. The molecule has 1 aliphatic rings. The molecule has 0 unspecified atom stereocenters. The van der Waals surface area contributed by atoms with E-state index in [0.29, 0.717) is 0 Å². The SMILES string of the molecule is Cc1nnnn1C[C@@H]1[C@H](NC(=O)/C(=N\OC(C)(C)C(=O)O)c2csc(N)n2)C(=O)N1S(=O)(=O)O. The van der Waals surface area contributed by atoms with Gasteiger partial charge < -0.3 is 21.0 Å². The number of nitrogens with one attached hydrogen (secondary N) is 1. The highest BCUT2D eigenvalue weighted by atomic mass is 32.2. The number of nitrogens with two attached hydrogens (primary N) is 1. The van der Waals surface area contributed by atoms with E-state index in [1.54, 1.807) is 0 Å². The van der Waals surface area contributed by atoms with Crippen molar-refractivity contribution >= 4 is 50.3 Å². The van der Waals surface area contributed by atoms with Crippen LogP contribution in [0.5, 0.6) is 0 Å². The minimum atomic E-state index is -4.95. The lowest BCUT2D eigenvalue weighted by atomic mass is 9.98. The summed E-state index contributed by atoms with van der Waals surface area (Å²) in [7, 11) is -4.95. The van der Waals surface area contributed by atoms with E-state index in [9.17, 15) is 32.5 Å². The number of tetrazole rings is 1. The number of carbonyl (C=O) groups excluding carboxylic acids is 2. The van der Waals surface area contributed by atoms with Gasteiger partial charge in [-0.05, 0) is 31.2 Å². The van der Waals surface area contributed by atoms with Gasteiger partial charge in [-0.2, -0.15) is 8.42 Å². The number of rotatable bonds is 9. The van der Waals surface area contributed by atoms with Gasteiger partial charge in [0.2, 0.25) is 5.60 Å². The van der Waals surface area contributed by atoms with E-state index in [1.807, 2.05) is 0 Å². The van der Waals surface area contributed by atoms with Crippen LogP contribution in [0.4, 0.5) is 5.13 Å². The quantitative estimate of drug-likeness (QED) is 0.119. The maximum absolute atomic E-state index is 13.0. The van der Waals surface area contributed by atoms with Crippen LogP contribution in [0.3, 0.4) is 0 Å². The zero-order valence-corrected chi connectivity index (χ0v) is 19.4. The largest absolute Gasteiger partial charge is 0.478 e. The number of thiazole rings is 1. The summed E-state index contributed by atoms with van der Waals surface area (Å²) in [5, 5.41) is 27.2. The lowest BCUT2D eigenvalue weighted by Crippen LogP contribution is -2.73. The maximum atomic E-state index is 13.0. The molecule has 0 aromatic carbocycles. The van der Waals surface area contributed by atoms with Crippen LogP contribution in [0.15, 0.2) is 10.5 Å². The van der Waals surface area contributed by atoms with Crippen molar-refractivity contribution in [3.8, 4) is 0 Å². The molecule has 1 aliphatic heterocycles. The molecule has 5 N–H and O–H groups in total. The fourth-order valence-electron chi connectivity index (χ4n) is 2.75. The molecule has 2 atom stereocenters. The van der Waals surface area contributed by atoms with Crippen molar-refractivity contribution in [3.05, 3.63) is 16.9 Å². The number of carboxylic acids is 1. The van der Waals surface area contributed by atoms with Crippen molar-refractivity contribution in [2.45, 2.75) is 45.0 Å². The first-order chi connectivity index (χ1) is 15.7. The average molecular weight is 518 g/mol. The van der Waals surface area contributed by atoms with E-state index >= 15 is 0 Å². The number of aromatic nitrogens is 5. The summed E-state index contributed by atoms with van der Waals surface area (Å²) in [6.45, 7) is 3.61. The Balaban J connectivity index is 1.90. The molecule has 0 bridgehead atoms. The number of oxime groups is 1. The van der Waals surface area contributed by atoms with Gasteiger partial charge in [0.25, 0.3) is 11.8 Å². The van der Waals surface area contributed by atoms with E-state index in [4.69, 9.17) is 10.6 Å². The normalized spacial score (nSPS) is 19.0. The number of anilines is 1. The monoisotopic (exact) mass is 517 g/mol. The summed E-state index contributed by atoms with van der Waals surface area (Å²) in [5.74, 6) is -3.26. The smallest absolute Gasteiger partial charge is 0.362 e. The minimum Gasteiger partial charge on any atom is -0.478 e. The average Bonchev–Trinajstić information content (AvgIpc) is 3.32. The Hall–Kier alpha value is -3.71. The van der Waals surface area contributed by atoms with E-state index < -0.39 is 51.5 Å². The number of aryl methyl sites for hydroxylation is 1. The first kappa shape index (κ1) is 24.9. The van der Waals surface area contributed by atoms with Crippen molar-refractivity contribution in [1.29, 1.82) is 0 Å². The third kappa shape index (κ3) is 4.94. The second kappa shape index (κ2) is 8.91. The Labute approximate surface area is 195 Å². The summed E-state index contributed by atoms with van der Waals surface area (Å²) in [6.07, 6.45) is 0. The predicted octanol–water partition coefficient (Wildman–Crippen LogP) is -2.20. The summed E-state index contributed by atoms with van der Waals surface area (Å²) < 4.78 is 34.1. The number of nitrogen functional groups attached to an aromatic ring is 1. The van der Waals surface area contributed by atoms with E-state index in [0.717, 1.165) is 11.3 Å². The molecule has 19 heteroatoms. The van der Waals surface area contributed by atoms with Gasteiger partial charge in [-0.3, -0.25) is 14.1 Å². The summed E-state index contributed by atoms with van der Waals surface area (Å²) in [6, 6.07) is -2.72. The number of aliphatic carboxylic acids is 1. The Bertz CT molecular complexity index is 1270. The number of hydrogen-bond acceptors (Lipinski definition) is 13. The van der Waals surface area contributed by atoms with Crippen LogP contribution >= 0.6 is 11.3 Å². The standard InChI is InChI=1S/C15H19N9O8S2/c1-6-19-21-22-23(6)4-8-10(12(26)24(8)34(29,30)31)18-11(25)9(7-5-33-14(16)17-7)20-32-15(2,3)13(27)28/h5,8,10H,4H2,1-3H3,(H2,16,17)(H,18,25)(H,27,28)(H,29,30,31)/b20-9-/t8-,10+/m1/s1. The fraction of sp³-hybridized carbons (Fsp3) is 0.467. The van der Waals surface area contributed by atoms with Crippen LogP contribution in [0, 0.1) is 6.92 Å². The van der Waals surface area contributed by atoms with Crippen LogP contribution < -0.4 is 11.1 Å². The summed E-state index contributed by atoms with van der Waals surface area (Å²) in [5.41, 5.74) is 3.18. The molecule has 0 radical (unpaired) electrons. The van der Waals surface area contributed by atoms with Crippen LogP contribution in [0.2, 0.25) is 0 Å². The number of nitrogens with zero attached hydrogens (tertiary/aromatic N) is 7. The highest BCUT2D eigenvalue weighted by Crippen LogP contribution is 2.25. The highest BCUT2D eigenvalue weighted by molar-refractivity contribution is 7.84. The van der Waals surface area contributed by atoms with Crippen LogP contribution in [0.25, 0.3) is 0 Å². The molecule has 2 aromatic heterocycles. The van der Waals surface area contributed by atoms with Crippen LogP contribution in [-0.2, 0) is 36.1 Å². The van der Waals surface area contributed by atoms with E-state index in [2.05, 4.69) is 31.0 Å². The predicted molar refractivity (Wildman–Crippen MR) is 113 cm³/mol. The zero-order chi connectivity index (χ0) is 25.4. The lowest BCUT2D eigenvalue weighted by Gasteiger charge is -2.43. The number of amides is 2. The number of carbonyl (C=O) groups is 3. The molecule has 34 heavy (non-hydrogen) atoms. The second-order valence-electron chi connectivity index (χ2n) is 7.46. The molecule has 3 heterocycles. The third-order valence-electron chi connectivity index (χ3n) is 4.64. The van der Waals surface area contributed by atoms with Gasteiger partial charge >= 0.3 is 16.3 Å². The van der Waals surface area contributed by atoms with Crippen molar-refractivity contribution in [2.24, 2.45) is 5.16 Å². The van der Waals surface area contributed by atoms with E-state index in [1.165, 1.54) is 30.8 Å². The van der Waals surface area contributed by atoms with Crippen LogP contribution in [0.1, 0.15) is 25.4 Å². The van der Waals surface area contributed by atoms with Crippen LogP contribution in [-0.4, -0.2) is 88.8 Å². The van der Waals surface area contributed by atoms with Gasteiger partial charge in [-0.25, -0.2) is 18.8 Å². The molecule has 2 amide bonds. The second-order valence-corrected chi connectivity index (χ2v) is 9.63. The van der Waals surface area contributed by atoms with Gasteiger partial charge in [0, 0.05) is 5.38 Å². The Morgan fingerprint density at radius 2 is 2.09 bits per heavy atom. The van der Waals surface area contributed by atoms with Crippen molar-refractivity contribution in [3.63, 3.8) is 0 Å². The molecule has 0 saturated carbocycles. The number of carboxylic acid groups (broad SMARTS) is 1. The molecule has 1 saturated heterocycles. The molecule has 17 nitrogen and oxygen atoms in total. The molecule has 2 aromatic rings. The topological polar surface area (TPSA) is 245 Å². The fourth-order valence-corrected chi connectivity index (χ4v) is 4.16. The molecule has 1 fully saturated rings. The van der Waals surface area contributed by atoms with Gasteiger partial charge in [0.05, 0.1) is 12.6 Å². The molecule has 184 valence electrons. The maximum Gasteiger partial charge on any atom is 0.362 e. The molecule has 0 aliphatic carbocycles. The van der Waals surface area contributed by atoms with Gasteiger partial charge in [0.1, 0.15) is 17.6 Å². The molecule has 3 rings (SSSR count). The summed E-state index contributed by atoms with van der Waals surface area (Å²) >= 11 is 0.959.